The molecular weight excluding hydrogens is 274 g/mol. The summed E-state index contributed by atoms with van der Waals surface area (Å²) in [7, 11) is 0. The number of carbonyl (C=O) groups is 1. The molecule has 122 valence electrons. The molecule has 2 atom stereocenters. The maximum absolute atomic E-state index is 11.9. The Morgan fingerprint density at radius 2 is 2.14 bits per heavy atom. The summed E-state index contributed by atoms with van der Waals surface area (Å²) in [5.41, 5.74) is 8.06. The van der Waals surface area contributed by atoms with Gasteiger partial charge in [0.15, 0.2) is 0 Å². The Morgan fingerprint density at radius 1 is 1.41 bits per heavy atom. The van der Waals surface area contributed by atoms with Crippen molar-refractivity contribution in [3.05, 3.63) is 35.4 Å². The summed E-state index contributed by atoms with van der Waals surface area (Å²) in [6, 6.07) is 8.40. The van der Waals surface area contributed by atoms with Crippen molar-refractivity contribution in [1.29, 1.82) is 0 Å². The first kappa shape index (κ1) is 17.0. The smallest absolute Gasteiger partial charge is 0.224 e. The van der Waals surface area contributed by atoms with Crippen LogP contribution >= 0.6 is 0 Å². The number of nitrogens with one attached hydrogen (secondary N) is 1. The minimum atomic E-state index is -0.130. The third kappa shape index (κ3) is 4.82. The predicted molar refractivity (Wildman–Crippen MR) is 90.2 cm³/mol. The highest BCUT2D eigenvalue weighted by Gasteiger charge is 2.17. The zero-order valence-electron chi connectivity index (χ0n) is 13.8. The fraction of sp³-hybridized carbons (Fsp3) is 0.611. The van der Waals surface area contributed by atoms with Crippen LogP contribution in [0.4, 0.5) is 0 Å². The Morgan fingerprint density at radius 3 is 2.82 bits per heavy atom. The van der Waals surface area contributed by atoms with Gasteiger partial charge in [-0.05, 0) is 36.4 Å². The number of carbonyl (C=O) groups excluding carboxylic acids is 1. The standard InChI is InChI=1S/C18H29N3O/c1-14-6-5-9-21(12-14)13-17-8-4-3-7-16(17)11-20-18(22)15(2)10-19/h3-4,7-8,14-15H,5-6,9-13,19H2,1-2H3,(H,20,22). The topological polar surface area (TPSA) is 58.4 Å². The number of benzene rings is 1. The quantitative estimate of drug-likeness (QED) is 0.846. The lowest BCUT2D eigenvalue weighted by Gasteiger charge is -2.31. The summed E-state index contributed by atoms with van der Waals surface area (Å²) in [6.07, 6.45) is 2.62. The summed E-state index contributed by atoms with van der Waals surface area (Å²) in [5, 5.41) is 3.00. The molecule has 4 heteroatoms. The molecule has 0 saturated carbocycles. The lowest BCUT2D eigenvalue weighted by Crippen LogP contribution is -2.35. The second-order valence-corrected chi connectivity index (χ2v) is 6.61. The third-order valence-electron chi connectivity index (χ3n) is 4.51. The largest absolute Gasteiger partial charge is 0.352 e. The van der Waals surface area contributed by atoms with Gasteiger partial charge >= 0.3 is 0 Å². The van der Waals surface area contributed by atoms with E-state index in [4.69, 9.17) is 5.73 Å². The fourth-order valence-corrected chi connectivity index (χ4v) is 3.02. The van der Waals surface area contributed by atoms with E-state index in [1.165, 1.54) is 37.1 Å². The summed E-state index contributed by atoms with van der Waals surface area (Å²) in [5.74, 6) is 0.685. The normalized spacial score (nSPS) is 20.6. The van der Waals surface area contributed by atoms with Crippen LogP contribution < -0.4 is 11.1 Å². The molecule has 2 rings (SSSR count). The van der Waals surface area contributed by atoms with Crippen molar-refractivity contribution in [2.45, 2.75) is 39.8 Å². The molecule has 0 spiro atoms. The maximum Gasteiger partial charge on any atom is 0.224 e. The van der Waals surface area contributed by atoms with Crippen LogP contribution in [0, 0.1) is 11.8 Å². The first-order valence-corrected chi connectivity index (χ1v) is 8.37. The van der Waals surface area contributed by atoms with Crippen LogP contribution in [0.2, 0.25) is 0 Å². The van der Waals surface area contributed by atoms with Gasteiger partial charge in [0.2, 0.25) is 5.91 Å². The van der Waals surface area contributed by atoms with Gasteiger partial charge in [-0.25, -0.2) is 0 Å². The van der Waals surface area contributed by atoms with Gasteiger partial charge < -0.3 is 11.1 Å². The number of likely N-dealkylation sites (tertiary alicyclic amines) is 1. The van der Waals surface area contributed by atoms with Gasteiger partial charge in [-0.2, -0.15) is 0 Å². The molecule has 22 heavy (non-hydrogen) atoms. The van der Waals surface area contributed by atoms with Gasteiger partial charge in [-0.1, -0.05) is 38.1 Å². The van der Waals surface area contributed by atoms with E-state index in [9.17, 15) is 4.79 Å². The Bertz CT molecular complexity index is 489. The van der Waals surface area contributed by atoms with Gasteiger partial charge in [-0.15, -0.1) is 0 Å². The molecule has 1 saturated heterocycles. The zero-order valence-corrected chi connectivity index (χ0v) is 13.8. The van der Waals surface area contributed by atoms with Crippen LogP contribution in [0.1, 0.15) is 37.8 Å². The molecule has 0 bridgehead atoms. The maximum atomic E-state index is 11.9. The molecule has 2 unspecified atom stereocenters. The lowest BCUT2D eigenvalue weighted by atomic mass is 9.99. The fourth-order valence-electron chi connectivity index (χ4n) is 3.02. The average molecular weight is 303 g/mol. The number of piperidine rings is 1. The van der Waals surface area contributed by atoms with Crippen molar-refractivity contribution in [3.8, 4) is 0 Å². The first-order valence-electron chi connectivity index (χ1n) is 8.37. The molecule has 0 aliphatic carbocycles. The molecule has 3 N–H and O–H groups in total. The van der Waals surface area contributed by atoms with Crippen LogP contribution in [0.15, 0.2) is 24.3 Å². The van der Waals surface area contributed by atoms with Gasteiger partial charge in [0.1, 0.15) is 0 Å². The zero-order chi connectivity index (χ0) is 15.9. The highest BCUT2D eigenvalue weighted by Crippen LogP contribution is 2.19. The highest BCUT2D eigenvalue weighted by molar-refractivity contribution is 5.78. The molecule has 1 heterocycles. The Kier molecular flexibility index (Phi) is 6.40. The van der Waals surface area contributed by atoms with E-state index < -0.39 is 0 Å². The van der Waals surface area contributed by atoms with E-state index in [2.05, 4.69) is 35.3 Å². The van der Waals surface area contributed by atoms with Crippen molar-refractivity contribution in [3.63, 3.8) is 0 Å². The molecule has 1 aliphatic rings. The van der Waals surface area contributed by atoms with Gasteiger partial charge in [-0.3, -0.25) is 9.69 Å². The van der Waals surface area contributed by atoms with E-state index in [1.807, 2.05) is 13.0 Å². The van der Waals surface area contributed by atoms with Crippen molar-refractivity contribution in [1.82, 2.24) is 10.2 Å². The van der Waals surface area contributed by atoms with Crippen LogP contribution in [0.3, 0.4) is 0 Å². The minimum absolute atomic E-state index is 0.0314. The Balaban J connectivity index is 1.96. The Hall–Kier alpha value is -1.39. The summed E-state index contributed by atoms with van der Waals surface area (Å²) in [6.45, 7) is 8.48. The second-order valence-electron chi connectivity index (χ2n) is 6.61. The first-order chi connectivity index (χ1) is 10.6. The van der Waals surface area contributed by atoms with E-state index >= 15 is 0 Å². The highest BCUT2D eigenvalue weighted by atomic mass is 16.1. The number of nitrogens with zero attached hydrogens (tertiary/aromatic N) is 1. The van der Waals surface area contributed by atoms with Gasteiger partial charge in [0.05, 0.1) is 0 Å². The van der Waals surface area contributed by atoms with E-state index in [0.29, 0.717) is 13.1 Å². The van der Waals surface area contributed by atoms with E-state index in [-0.39, 0.29) is 11.8 Å². The molecule has 0 radical (unpaired) electrons. The second kappa shape index (κ2) is 8.30. The minimum Gasteiger partial charge on any atom is -0.352 e. The summed E-state index contributed by atoms with van der Waals surface area (Å²) in [4.78, 5) is 14.4. The van der Waals surface area contributed by atoms with Crippen molar-refractivity contribution >= 4 is 5.91 Å². The van der Waals surface area contributed by atoms with Crippen LogP contribution in [-0.4, -0.2) is 30.4 Å². The third-order valence-corrected chi connectivity index (χ3v) is 4.51. The Labute approximate surface area is 134 Å². The van der Waals surface area contributed by atoms with Crippen molar-refractivity contribution < 1.29 is 4.79 Å². The van der Waals surface area contributed by atoms with Crippen molar-refractivity contribution in [2.24, 2.45) is 17.6 Å². The predicted octanol–water partition coefficient (Wildman–Crippen LogP) is 2.13. The number of hydrogen-bond acceptors (Lipinski definition) is 3. The molecule has 4 nitrogen and oxygen atoms in total. The number of hydrogen-bond donors (Lipinski definition) is 2. The van der Waals surface area contributed by atoms with Gasteiger partial charge in [0.25, 0.3) is 0 Å². The molecule has 0 aromatic heterocycles. The summed E-state index contributed by atoms with van der Waals surface area (Å²) >= 11 is 0. The van der Waals surface area contributed by atoms with E-state index in [1.54, 1.807) is 0 Å². The van der Waals surface area contributed by atoms with Crippen molar-refractivity contribution in [2.75, 3.05) is 19.6 Å². The molecular formula is C18H29N3O. The van der Waals surface area contributed by atoms with E-state index in [0.717, 1.165) is 12.5 Å². The molecule has 1 aromatic carbocycles. The number of nitrogens with two attached hydrogens (primary N) is 1. The monoisotopic (exact) mass is 303 g/mol. The summed E-state index contributed by atoms with van der Waals surface area (Å²) < 4.78 is 0. The average Bonchev–Trinajstić information content (AvgIpc) is 2.53. The van der Waals surface area contributed by atoms with Crippen LogP contribution in [-0.2, 0) is 17.9 Å². The van der Waals surface area contributed by atoms with Crippen LogP contribution in [0.5, 0.6) is 0 Å². The van der Waals surface area contributed by atoms with Crippen LogP contribution in [0.25, 0.3) is 0 Å². The number of amides is 1. The molecule has 1 aliphatic heterocycles. The number of rotatable bonds is 6. The van der Waals surface area contributed by atoms with Gasteiger partial charge in [0, 0.05) is 32.1 Å². The SMILES string of the molecule is CC1CCCN(Cc2ccccc2CNC(=O)C(C)CN)C1. The molecule has 1 fully saturated rings. The lowest BCUT2D eigenvalue weighted by molar-refractivity contribution is -0.124. The molecule has 1 amide bonds. The molecule has 1 aromatic rings.